The summed E-state index contributed by atoms with van der Waals surface area (Å²) >= 11 is 0. The number of aryl methyl sites for hydroxylation is 3. The van der Waals surface area contributed by atoms with Gasteiger partial charge in [0.2, 0.25) is 11.9 Å². The molecule has 0 saturated heterocycles. The Morgan fingerprint density at radius 3 is 2.69 bits per heavy atom. The van der Waals surface area contributed by atoms with Gasteiger partial charge in [0.1, 0.15) is 0 Å². The van der Waals surface area contributed by atoms with E-state index in [-0.39, 0.29) is 17.9 Å². The molecule has 0 saturated carbocycles. The van der Waals surface area contributed by atoms with Crippen molar-refractivity contribution in [2.75, 3.05) is 5.43 Å². The van der Waals surface area contributed by atoms with E-state index in [1.54, 1.807) is 22.9 Å². The first-order chi connectivity index (χ1) is 12.5. The van der Waals surface area contributed by atoms with Crippen LogP contribution in [0, 0.1) is 13.8 Å². The number of rotatable bonds is 6. The molecule has 0 aliphatic heterocycles. The Kier molecular flexibility index (Phi) is 5.01. The molecule has 1 amide bonds. The lowest BCUT2D eigenvalue weighted by molar-refractivity contribution is -0.120. The molecule has 0 spiro atoms. The maximum Gasteiger partial charge on any atom is 0.262 e. The van der Waals surface area contributed by atoms with Gasteiger partial charge in [-0.15, -0.1) is 0 Å². The zero-order chi connectivity index (χ0) is 18.7. The van der Waals surface area contributed by atoms with Crippen LogP contribution in [-0.4, -0.2) is 25.2 Å². The number of anilines is 1. The van der Waals surface area contributed by atoms with Gasteiger partial charge >= 0.3 is 0 Å². The van der Waals surface area contributed by atoms with Crippen molar-refractivity contribution in [2.24, 2.45) is 0 Å². The lowest BCUT2D eigenvalue weighted by atomic mass is 10.2. The summed E-state index contributed by atoms with van der Waals surface area (Å²) in [4.78, 5) is 29.1. The van der Waals surface area contributed by atoms with Gasteiger partial charge in [-0.25, -0.2) is 4.98 Å². The number of carbonyl (C=O) groups excluding carboxylic acids is 1. The quantitative estimate of drug-likeness (QED) is 0.658. The van der Waals surface area contributed by atoms with E-state index in [1.807, 2.05) is 32.9 Å². The number of benzene rings is 1. The van der Waals surface area contributed by atoms with Crippen LogP contribution in [0.3, 0.4) is 0 Å². The van der Waals surface area contributed by atoms with Gasteiger partial charge in [-0.2, -0.15) is 5.10 Å². The Hall–Kier alpha value is -3.16. The number of aromatic nitrogens is 4. The van der Waals surface area contributed by atoms with Gasteiger partial charge < -0.3 is 0 Å². The molecular weight excluding hydrogens is 332 g/mol. The van der Waals surface area contributed by atoms with Crippen molar-refractivity contribution in [3.63, 3.8) is 0 Å². The van der Waals surface area contributed by atoms with Crippen LogP contribution in [0.1, 0.15) is 24.7 Å². The minimum absolute atomic E-state index is 0.141. The van der Waals surface area contributed by atoms with Gasteiger partial charge in [-0.3, -0.25) is 29.7 Å². The average molecular weight is 354 g/mol. The molecule has 0 aliphatic rings. The highest BCUT2D eigenvalue weighted by molar-refractivity contribution is 5.79. The Balaban J connectivity index is 1.70. The standard InChI is InChI=1S/C18H22N6O2/c1-4-23-17(26)14-7-5-6-8-15(14)19-18(23)21-20-16(25)9-10-24-13(3)11-12(2)22-24/h5-8,11H,4,9-10H2,1-3H3,(H,19,21)(H,20,25). The van der Waals surface area contributed by atoms with Gasteiger partial charge in [0.25, 0.3) is 5.56 Å². The Morgan fingerprint density at radius 1 is 1.23 bits per heavy atom. The molecular formula is C18H22N6O2. The zero-order valence-electron chi connectivity index (χ0n) is 15.1. The molecule has 136 valence electrons. The van der Waals surface area contributed by atoms with Gasteiger partial charge in [-0.1, -0.05) is 12.1 Å². The van der Waals surface area contributed by atoms with E-state index < -0.39 is 0 Å². The molecule has 0 unspecified atom stereocenters. The first kappa shape index (κ1) is 17.7. The van der Waals surface area contributed by atoms with Crippen LogP contribution in [0.25, 0.3) is 10.9 Å². The van der Waals surface area contributed by atoms with Crippen LogP contribution in [-0.2, 0) is 17.9 Å². The van der Waals surface area contributed by atoms with Crippen molar-refractivity contribution in [3.8, 4) is 0 Å². The second-order valence-electron chi connectivity index (χ2n) is 6.08. The molecule has 8 heteroatoms. The van der Waals surface area contributed by atoms with E-state index in [0.717, 1.165) is 11.4 Å². The van der Waals surface area contributed by atoms with Crippen molar-refractivity contribution < 1.29 is 4.79 Å². The van der Waals surface area contributed by atoms with E-state index in [1.165, 1.54) is 4.57 Å². The number of amides is 1. The molecule has 3 aromatic rings. The molecule has 3 rings (SSSR count). The largest absolute Gasteiger partial charge is 0.277 e. The molecule has 2 aromatic heterocycles. The highest BCUT2D eigenvalue weighted by Gasteiger charge is 2.11. The average Bonchev–Trinajstić information content (AvgIpc) is 2.95. The summed E-state index contributed by atoms with van der Waals surface area (Å²) in [6.07, 6.45) is 0.263. The molecule has 2 heterocycles. The summed E-state index contributed by atoms with van der Waals surface area (Å²) in [6, 6.07) is 9.11. The number of nitrogens with zero attached hydrogens (tertiary/aromatic N) is 4. The summed E-state index contributed by atoms with van der Waals surface area (Å²) in [5, 5.41) is 4.88. The van der Waals surface area contributed by atoms with Crippen LogP contribution in [0.2, 0.25) is 0 Å². The van der Waals surface area contributed by atoms with Crippen LogP contribution in [0.4, 0.5) is 5.95 Å². The van der Waals surface area contributed by atoms with Crippen LogP contribution in [0.15, 0.2) is 35.1 Å². The number of hydrazine groups is 1. The summed E-state index contributed by atoms with van der Waals surface area (Å²) in [6.45, 7) is 6.66. The summed E-state index contributed by atoms with van der Waals surface area (Å²) in [5.74, 6) is 0.110. The van der Waals surface area contributed by atoms with Crippen LogP contribution in [0.5, 0.6) is 0 Å². The smallest absolute Gasteiger partial charge is 0.262 e. The highest BCUT2D eigenvalue weighted by atomic mass is 16.2. The van der Waals surface area contributed by atoms with Crippen molar-refractivity contribution in [1.29, 1.82) is 0 Å². The lowest BCUT2D eigenvalue weighted by Crippen LogP contribution is -2.34. The SMILES string of the molecule is CCn1c(NNC(=O)CCn2nc(C)cc2C)nc2ccccc2c1=O. The molecule has 0 atom stereocenters. The fourth-order valence-corrected chi connectivity index (χ4v) is 2.85. The second kappa shape index (κ2) is 7.38. The van der Waals surface area contributed by atoms with Crippen LogP contribution >= 0.6 is 0 Å². The van der Waals surface area contributed by atoms with Crippen molar-refractivity contribution in [1.82, 2.24) is 24.8 Å². The molecule has 0 fully saturated rings. The Morgan fingerprint density at radius 2 is 2.00 bits per heavy atom. The fraction of sp³-hybridized carbons (Fsp3) is 0.333. The number of carbonyl (C=O) groups is 1. The monoisotopic (exact) mass is 354 g/mol. The molecule has 1 aromatic carbocycles. The number of fused-ring (bicyclic) bond motifs is 1. The third-order valence-electron chi connectivity index (χ3n) is 4.15. The topological polar surface area (TPSA) is 93.8 Å². The second-order valence-corrected chi connectivity index (χ2v) is 6.08. The van der Waals surface area contributed by atoms with Crippen molar-refractivity contribution in [3.05, 3.63) is 52.1 Å². The third kappa shape index (κ3) is 3.58. The van der Waals surface area contributed by atoms with E-state index >= 15 is 0 Å². The molecule has 26 heavy (non-hydrogen) atoms. The Bertz CT molecular complexity index is 1000. The normalized spacial score (nSPS) is 10.9. The van der Waals surface area contributed by atoms with E-state index in [0.29, 0.717) is 29.9 Å². The van der Waals surface area contributed by atoms with Crippen LogP contribution < -0.4 is 16.4 Å². The predicted molar refractivity (Wildman–Crippen MR) is 99.8 cm³/mol. The minimum Gasteiger partial charge on any atom is -0.277 e. The maximum atomic E-state index is 12.5. The third-order valence-corrected chi connectivity index (χ3v) is 4.15. The molecule has 0 aliphatic carbocycles. The van der Waals surface area contributed by atoms with E-state index in [2.05, 4.69) is 20.9 Å². The predicted octanol–water partition coefficient (Wildman–Crippen LogP) is 1.76. The number of hydrogen-bond acceptors (Lipinski definition) is 5. The molecule has 0 radical (unpaired) electrons. The Labute approximate surface area is 150 Å². The van der Waals surface area contributed by atoms with Gasteiger partial charge in [-0.05, 0) is 39.0 Å². The van der Waals surface area contributed by atoms with Crippen molar-refractivity contribution in [2.45, 2.75) is 40.3 Å². The number of nitrogens with one attached hydrogen (secondary N) is 2. The summed E-state index contributed by atoms with van der Waals surface area (Å²) in [5.41, 5.74) is 7.77. The number of hydrogen-bond donors (Lipinski definition) is 2. The first-order valence-corrected chi connectivity index (χ1v) is 8.55. The number of para-hydroxylation sites is 1. The lowest BCUT2D eigenvalue weighted by Gasteiger charge is -2.14. The van der Waals surface area contributed by atoms with Gasteiger partial charge in [0, 0.05) is 18.7 Å². The summed E-state index contributed by atoms with van der Waals surface area (Å²) in [7, 11) is 0. The summed E-state index contributed by atoms with van der Waals surface area (Å²) < 4.78 is 3.29. The van der Waals surface area contributed by atoms with Crippen molar-refractivity contribution >= 4 is 22.8 Å². The maximum absolute atomic E-state index is 12.5. The fourth-order valence-electron chi connectivity index (χ4n) is 2.85. The van der Waals surface area contributed by atoms with E-state index in [9.17, 15) is 9.59 Å². The zero-order valence-corrected chi connectivity index (χ0v) is 15.1. The molecule has 0 bridgehead atoms. The molecule has 2 N–H and O–H groups in total. The van der Waals surface area contributed by atoms with Gasteiger partial charge in [0.05, 0.1) is 23.1 Å². The minimum atomic E-state index is -0.206. The van der Waals surface area contributed by atoms with Gasteiger partial charge in [0.15, 0.2) is 0 Å². The first-order valence-electron chi connectivity index (χ1n) is 8.55. The van der Waals surface area contributed by atoms with E-state index in [4.69, 9.17) is 0 Å². The highest BCUT2D eigenvalue weighted by Crippen LogP contribution is 2.10. The molecule has 8 nitrogen and oxygen atoms in total.